The van der Waals surface area contributed by atoms with Crippen LogP contribution < -0.4 is 4.74 Å². The second-order valence-corrected chi connectivity index (χ2v) is 5.15. The Morgan fingerprint density at radius 2 is 2.06 bits per heavy atom. The number of aldehydes is 1. The van der Waals surface area contributed by atoms with Gasteiger partial charge in [0.15, 0.2) is 0 Å². The highest BCUT2D eigenvalue weighted by molar-refractivity contribution is 5.56. The normalized spacial score (nSPS) is 13.2. The fraction of sp³-hybridized carbons (Fsp3) is 0.533. The van der Waals surface area contributed by atoms with Gasteiger partial charge in [0.2, 0.25) is 0 Å². The first-order valence-corrected chi connectivity index (χ1v) is 6.13. The number of benzene rings is 1. The summed E-state index contributed by atoms with van der Waals surface area (Å²) in [6.07, 6.45) is 1.30. The summed E-state index contributed by atoms with van der Waals surface area (Å²) in [5.41, 5.74) is 1.01. The Labute approximate surface area is 108 Å². The molecule has 1 aromatic rings. The molecule has 1 rings (SSSR count). The second kappa shape index (κ2) is 5.51. The van der Waals surface area contributed by atoms with Gasteiger partial charge in [-0.1, -0.05) is 19.1 Å². The van der Waals surface area contributed by atoms with Gasteiger partial charge in [0.05, 0.1) is 7.11 Å². The summed E-state index contributed by atoms with van der Waals surface area (Å²) in [6, 6.07) is 3.64. The largest absolute Gasteiger partial charge is 0.496 e. The zero-order valence-corrected chi connectivity index (χ0v) is 11.7. The lowest BCUT2D eigenvalue weighted by molar-refractivity contribution is -0.108. The monoisotopic (exact) mass is 252 g/mol. The number of carbonyl (C=O) groups excluding carboxylic acids is 1. The van der Waals surface area contributed by atoms with Crippen LogP contribution >= 0.6 is 0 Å². The molecule has 3 heteroatoms. The molecule has 1 unspecified atom stereocenters. The predicted octanol–water partition coefficient (Wildman–Crippen LogP) is 3.90. The van der Waals surface area contributed by atoms with Gasteiger partial charge in [0.1, 0.15) is 17.7 Å². The first-order chi connectivity index (χ1) is 8.32. The van der Waals surface area contributed by atoms with Crippen molar-refractivity contribution in [3.63, 3.8) is 0 Å². The average Bonchev–Trinajstić information content (AvgIpc) is 2.26. The molecule has 0 fully saturated rings. The molecule has 0 radical (unpaired) electrons. The van der Waals surface area contributed by atoms with Gasteiger partial charge in [-0.05, 0) is 32.3 Å². The SMILES string of the molecule is COc1c(C(C)(C)F)ccc(C)c1C(C)CC=O. The average molecular weight is 252 g/mol. The zero-order valence-electron chi connectivity index (χ0n) is 11.7. The van der Waals surface area contributed by atoms with E-state index in [9.17, 15) is 9.18 Å². The lowest BCUT2D eigenvalue weighted by Gasteiger charge is -2.24. The third-order valence-corrected chi connectivity index (χ3v) is 3.20. The van der Waals surface area contributed by atoms with Crippen LogP contribution in [0.5, 0.6) is 5.75 Å². The fourth-order valence-corrected chi connectivity index (χ4v) is 2.26. The number of ether oxygens (including phenoxy) is 1. The summed E-state index contributed by atoms with van der Waals surface area (Å²) in [6.45, 7) is 6.92. The van der Waals surface area contributed by atoms with Gasteiger partial charge in [0, 0.05) is 17.5 Å². The van der Waals surface area contributed by atoms with E-state index >= 15 is 0 Å². The summed E-state index contributed by atoms with van der Waals surface area (Å²) in [4.78, 5) is 10.7. The highest BCUT2D eigenvalue weighted by atomic mass is 19.1. The molecular formula is C15H21FO2. The Morgan fingerprint density at radius 3 is 2.50 bits per heavy atom. The molecule has 0 bridgehead atoms. The molecule has 0 heterocycles. The standard InChI is InChI=1S/C15H21FO2/c1-10-6-7-12(15(3,4)16)14(18-5)13(10)11(2)8-9-17/h6-7,9,11H,8H2,1-5H3. The van der Waals surface area contributed by atoms with Crippen molar-refractivity contribution >= 4 is 6.29 Å². The highest BCUT2D eigenvalue weighted by Gasteiger charge is 2.27. The number of halogens is 1. The van der Waals surface area contributed by atoms with E-state index < -0.39 is 5.67 Å². The minimum atomic E-state index is -1.46. The van der Waals surface area contributed by atoms with Gasteiger partial charge < -0.3 is 9.53 Å². The van der Waals surface area contributed by atoms with Crippen LogP contribution in [0.1, 0.15) is 49.8 Å². The highest BCUT2D eigenvalue weighted by Crippen LogP contribution is 2.40. The van der Waals surface area contributed by atoms with Crippen molar-refractivity contribution in [3.8, 4) is 5.75 Å². The molecule has 1 aromatic carbocycles. The molecule has 0 spiro atoms. The van der Waals surface area contributed by atoms with Crippen molar-refractivity contribution in [3.05, 3.63) is 28.8 Å². The molecule has 0 aromatic heterocycles. The van der Waals surface area contributed by atoms with Crippen LogP contribution in [0, 0.1) is 6.92 Å². The van der Waals surface area contributed by atoms with Crippen molar-refractivity contribution in [1.29, 1.82) is 0 Å². The van der Waals surface area contributed by atoms with Crippen LogP contribution in [-0.2, 0) is 10.5 Å². The molecule has 0 aliphatic rings. The third kappa shape index (κ3) is 2.89. The molecular weight excluding hydrogens is 231 g/mol. The Hall–Kier alpha value is -1.38. The van der Waals surface area contributed by atoms with E-state index in [4.69, 9.17) is 4.74 Å². The van der Waals surface area contributed by atoms with E-state index in [1.54, 1.807) is 13.2 Å². The van der Waals surface area contributed by atoms with Gasteiger partial charge in [0.25, 0.3) is 0 Å². The zero-order chi connectivity index (χ0) is 13.9. The molecule has 18 heavy (non-hydrogen) atoms. The van der Waals surface area contributed by atoms with E-state index in [0.29, 0.717) is 17.7 Å². The van der Waals surface area contributed by atoms with Crippen molar-refractivity contribution in [1.82, 2.24) is 0 Å². The number of rotatable bonds is 5. The molecule has 0 aliphatic heterocycles. The van der Waals surface area contributed by atoms with E-state index in [1.165, 1.54) is 13.8 Å². The van der Waals surface area contributed by atoms with Crippen molar-refractivity contribution < 1.29 is 13.9 Å². The molecule has 0 saturated carbocycles. The maximum atomic E-state index is 14.2. The first-order valence-electron chi connectivity index (χ1n) is 6.13. The summed E-state index contributed by atoms with van der Waals surface area (Å²) in [5, 5.41) is 0. The predicted molar refractivity (Wildman–Crippen MR) is 71.0 cm³/mol. The van der Waals surface area contributed by atoms with Crippen LogP contribution in [0.2, 0.25) is 0 Å². The van der Waals surface area contributed by atoms with E-state index in [1.807, 2.05) is 19.9 Å². The lowest BCUT2D eigenvalue weighted by atomic mass is 9.87. The number of hydrogen-bond acceptors (Lipinski definition) is 2. The number of aryl methyl sites for hydroxylation is 1. The maximum Gasteiger partial charge on any atom is 0.134 e. The number of alkyl halides is 1. The molecule has 2 nitrogen and oxygen atoms in total. The maximum absolute atomic E-state index is 14.2. The molecule has 100 valence electrons. The van der Waals surface area contributed by atoms with E-state index in [-0.39, 0.29) is 5.92 Å². The second-order valence-electron chi connectivity index (χ2n) is 5.15. The molecule has 0 aliphatic carbocycles. The Kier molecular flexibility index (Phi) is 4.49. The van der Waals surface area contributed by atoms with Crippen LogP contribution in [0.3, 0.4) is 0 Å². The van der Waals surface area contributed by atoms with Crippen molar-refractivity contribution in [2.75, 3.05) is 7.11 Å². The van der Waals surface area contributed by atoms with Crippen LogP contribution in [-0.4, -0.2) is 13.4 Å². The quantitative estimate of drug-likeness (QED) is 0.743. The van der Waals surface area contributed by atoms with E-state index in [0.717, 1.165) is 17.4 Å². The minimum Gasteiger partial charge on any atom is -0.496 e. The first kappa shape index (κ1) is 14.7. The van der Waals surface area contributed by atoms with Crippen molar-refractivity contribution in [2.24, 2.45) is 0 Å². The van der Waals surface area contributed by atoms with E-state index in [2.05, 4.69) is 0 Å². The topological polar surface area (TPSA) is 26.3 Å². The Balaban J connectivity index is 3.44. The van der Waals surface area contributed by atoms with Gasteiger partial charge in [-0.2, -0.15) is 0 Å². The van der Waals surface area contributed by atoms with Crippen molar-refractivity contribution in [2.45, 2.75) is 45.7 Å². The van der Waals surface area contributed by atoms with Gasteiger partial charge in [-0.25, -0.2) is 4.39 Å². The van der Waals surface area contributed by atoms with Crippen LogP contribution in [0.4, 0.5) is 4.39 Å². The summed E-state index contributed by atoms with van der Waals surface area (Å²) < 4.78 is 19.6. The summed E-state index contributed by atoms with van der Waals surface area (Å²) in [5.74, 6) is 0.594. The van der Waals surface area contributed by atoms with Gasteiger partial charge in [-0.15, -0.1) is 0 Å². The lowest BCUT2D eigenvalue weighted by Crippen LogP contribution is -2.14. The summed E-state index contributed by atoms with van der Waals surface area (Å²) >= 11 is 0. The molecule has 1 atom stereocenters. The molecule has 0 amide bonds. The third-order valence-electron chi connectivity index (χ3n) is 3.20. The smallest absolute Gasteiger partial charge is 0.134 e. The van der Waals surface area contributed by atoms with Crippen LogP contribution in [0.15, 0.2) is 12.1 Å². The Bertz CT molecular complexity index is 433. The number of methoxy groups -OCH3 is 1. The van der Waals surface area contributed by atoms with Crippen LogP contribution in [0.25, 0.3) is 0 Å². The van der Waals surface area contributed by atoms with Gasteiger partial charge >= 0.3 is 0 Å². The Morgan fingerprint density at radius 1 is 1.44 bits per heavy atom. The number of carbonyl (C=O) groups is 1. The molecule has 0 N–H and O–H groups in total. The molecule has 0 saturated heterocycles. The fourth-order valence-electron chi connectivity index (χ4n) is 2.26. The minimum absolute atomic E-state index is 0.0275. The summed E-state index contributed by atoms with van der Waals surface area (Å²) in [7, 11) is 1.54. The number of hydrogen-bond donors (Lipinski definition) is 0. The van der Waals surface area contributed by atoms with Gasteiger partial charge in [-0.3, -0.25) is 0 Å².